The third kappa shape index (κ3) is 4.05. The van der Waals surface area contributed by atoms with Crippen molar-refractivity contribution in [2.75, 3.05) is 11.4 Å². The van der Waals surface area contributed by atoms with Gasteiger partial charge >= 0.3 is 0 Å². The van der Waals surface area contributed by atoms with E-state index < -0.39 is 0 Å². The van der Waals surface area contributed by atoms with Crippen LogP contribution in [-0.4, -0.2) is 28.3 Å². The maximum absolute atomic E-state index is 12.6. The maximum Gasteiger partial charge on any atom is 0.227 e. The van der Waals surface area contributed by atoms with Crippen LogP contribution in [0.5, 0.6) is 0 Å². The van der Waals surface area contributed by atoms with E-state index in [1.165, 1.54) is 11.3 Å². The van der Waals surface area contributed by atoms with Gasteiger partial charge in [-0.1, -0.05) is 12.1 Å². The maximum atomic E-state index is 12.6. The number of nitrogens with one attached hydrogen (secondary N) is 1. The molecule has 1 aliphatic heterocycles. The van der Waals surface area contributed by atoms with Crippen molar-refractivity contribution in [1.82, 2.24) is 15.3 Å². The average Bonchev–Trinajstić information content (AvgIpc) is 3.36. The predicted molar refractivity (Wildman–Crippen MR) is 114 cm³/mol. The molecule has 29 heavy (non-hydrogen) atoms. The first-order valence-corrected chi connectivity index (χ1v) is 10.4. The Morgan fingerprint density at radius 3 is 2.83 bits per heavy atom. The number of pyridine rings is 1. The molecule has 3 aromatic rings. The summed E-state index contributed by atoms with van der Waals surface area (Å²) in [4.78, 5) is 35.5. The molecule has 2 aromatic heterocycles. The minimum Gasteiger partial charge on any atom is -0.349 e. The smallest absolute Gasteiger partial charge is 0.227 e. The second-order valence-corrected chi connectivity index (χ2v) is 8.15. The molecule has 0 radical (unpaired) electrons. The number of hydrogen-bond donors (Lipinski definition) is 1. The molecule has 0 saturated carbocycles. The van der Waals surface area contributed by atoms with Crippen LogP contribution in [0, 0.1) is 19.8 Å². The highest BCUT2D eigenvalue weighted by Crippen LogP contribution is 2.29. The summed E-state index contributed by atoms with van der Waals surface area (Å²) in [5, 5.41) is 5.75. The fourth-order valence-electron chi connectivity index (χ4n) is 3.50. The van der Waals surface area contributed by atoms with Gasteiger partial charge < -0.3 is 10.2 Å². The summed E-state index contributed by atoms with van der Waals surface area (Å²) in [7, 11) is 0. The number of anilines is 1. The number of thiazole rings is 1. The lowest BCUT2D eigenvalue weighted by Gasteiger charge is -2.20. The minimum absolute atomic E-state index is 0.00641. The van der Waals surface area contributed by atoms with Gasteiger partial charge in [0, 0.05) is 42.0 Å². The van der Waals surface area contributed by atoms with E-state index in [1.807, 2.05) is 49.6 Å². The summed E-state index contributed by atoms with van der Waals surface area (Å²) in [6, 6.07) is 9.72. The van der Waals surface area contributed by atoms with Gasteiger partial charge in [-0.25, -0.2) is 4.98 Å². The zero-order valence-corrected chi connectivity index (χ0v) is 17.2. The molecule has 0 bridgehead atoms. The lowest BCUT2D eigenvalue weighted by molar-refractivity contribution is -0.126. The van der Waals surface area contributed by atoms with Crippen LogP contribution in [0.3, 0.4) is 0 Å². The van der Waals surface area contributed by atoms with Crippen LogP contribution in [0.15, 0.2) is 48.1 Å². The molecule has 1 fully saturated rings. The average molecular weight is 407 g/mol. The molecular weight excluding hydrogens is 384 g/mol. The zero-order chi connectivity index (χ0) is 20.4. The van der Waals surface area contributed by atoms with Crippen LogP contribution in [0.2, 0.25) is 0 Å². The number of aryl methyl sites for hydroxylation is 1. The number of carbonyl (C=O) groups is 2. The number of rotatable bonds is 5. The van der Waals surface area contributed by atoms with Crippen molar-refractivity contribution in [3.05, 3.63) is 64.2 Å². The van der Waals surface area contributed by atoms with Crippen molar-refractivity contribution in [3.63, 3.8) is 0 Å². The standard InChI is InChI=1S/C22H22N4O2S/c1-14-4-3-5-19(15(14)2)26-12-17(10-21(26)27)22(28)24-11-20-25-18(13-29-20)16-6-8-23-9-7-16/h3-9,13,17H,10-12H2,1-2H3,(H,24,28). The molecule has 1 aromatic carbocycles. The van der Waals surface area contributed by atoms with Crippen molar-refractivity contribution in [2.24, 2.45) is 5.92 Å². The van der Waals surface area contributed by atoms with E-state index >= 15 is 0 Å². The molecule has 1 atom stereocenters. The van der Waals surface area contributed by atoms with Crippen molar-refractivity contribution in [2.45, 2.75) is 26.8 Å². The van der Waals surface area contributed by atoms with E-state index in [9.17, 15) is 9.59 Å². The van der Waals surface area contributed by atoms with Crippen molar-refractivity contribution >= 4 is 28.8 Å². The summed E-state index contributed by atoms with van der Waals surface area (Å²) in [6.45, 7) is 4.81. The second-order valence-electron chi connectivity index (χ2n) is 7.20. The Labute approximate surface area is 173 Å². The van der Waals surface area contributed by atoms with E-state index in [2.05, 4.69) is 15.3 Å². The van der Waals surface area contributed by atoms with E-state index in [-0.39, 0.29) is 24.2 Å². The van der Waals surface area contributed by atoms with Gasteiger partial charge in [0.15, 0.2) is 0 Å². The lowest BCUT2D eigenvalue weighted by atomic mass is 10.1. The molecule has 148 valence electrons. The van der Waals surface area contributed by atoms with Crippen LogP contribution in [0.1, 0.15) is 22.6 Å². The predicted octanol–water partition coefficient (Wildman–Crippen LogP) is 3.49. The Kier molecular flexibility index (Phi) is 5.40. The van der Waals surface area contributed by atoms with Crippen molar-refractivity contribution < 1.29 is 9.59 Å². The highest BCUT2D eigenvalue weighted by atomic mass is 32.1. The normalized spacial score (nSPS) is 16.3. The number of hydrogen-bond acceptors (Lipinski definition) is 5. The first-order valence-electron chi connectivity index (χ1n) is 9.52. The number of benzene rings is 1. The zero-order valence-electron chi connectivity index (χ0n) is 16.4. The van der Waals surface area contributed by atoms with Crippen LogP contribution in [0.25, 0.3) is 11.3 Å². The van der Waals surface area contributed by atoms with Gasteiger partial charge in [-0.05, 0) is 43.2 Å². The first kappa shape index (κ1) is 19.3. The van der Waals surface area contributed by atoms with E-state index in [0.29, 0.717) is 13.1 Å². The molecule has 1 aliphatic rings. The molecule has 3 heterocycles. The van der Waals surface area contributed by atoms with Gasteiger partial charge in [0.1, 0.15) is 5.01 Å². The molecule has 4 rings (SSSR count). The summed E-state index contributed by atoms with van der Waals surface area (Å²) < 4.78 is 0. The van der Waals surface area contributed by atoms with Crippen molar-refractivity contribution in [3.8, 4) is 11.3 Å². The molecule has 7 heteroatoms. The number of amides is 2. The molecule has 1 saturated heterocycles. The first-order chi connectivity index (χ1) is 14.0. The third-order valence-electron chi connectivity index (χ3n) is 5.30. The largest absolute Gasteiger partial charge is 0.349 e. The topological polar surface area (TPSA) is 75.2 Å². The van der Waals surface area contributed by atoms with Gasteiger partial charge in [0.2, 0.25) is 11.8 Å². The summed E-state index contributed by atoms with van der Waals surface area (Å²) in [5.74, 6) is -0.457. The summed E-state index contributed by atoms with van der Waals surface area (Å²) in [5.41, 5.74) is 4.98. The van der Waals surface area contributed by atoms with Gasteiger partial charge in [-0.15, -0.1) is 11.3 Å². The quantitative estimate of drug-likeness (QED) is 0.704. The molecular formula is C22H22N4O2S. The highest BCUT2D eigenvalue weighted by Gasteiger charge is 2.35. The Hall–Kier alpha value is -3.06. The summed E-state index contributed by atoms with van der Waals surface area (Å²) in [6.07, 6.45) is 3.70. The third-order valence-corrected chi connectivity index (χ3v) is 6.15. The van der Waals surface area contributed by atoms with Gasteiger partial charge in [-0.2, -0.15) is 0 Å². The molecule has 1 unspecified atom stereocenters. The second kappa shape index (κ2) is 8.13. The van der Waals surface area contributed by atoms with Crippen LogP contribution < -0.4 is 10.2 Å². The molecule has 0 aliphatic carbocycles. The van der Waals surface area contributed by atoms with E-state index in [1.54, 1.807) is 17.3 Å². The van der Waals surface area contributed by atoms with Crippen LogP contribution in [-0.2, 0) is 16.1 Å². The molecule has 1 N–H and O–H groups in total. The van der Waals surface area contributed by atoms with Gasteiger partial charge in [0.05, 0.1) is 18.2 Å². The van der Waals surface area contributed by atoms with Gasteiger partial charge in [-0.3, -0.25) is 14.6 Å². The van der Waals surface area contributed by atoms with E-state index in [0.717, 1.165) is 33.1 Å². The lowest BCUT2D eigenvalue weighted by Crippen LogP contribution is -2.32. The Morgan fingerprint density at radius 2 is 2.03 bits per heavy atom. The fraction of sp³-hybridized carbons (Fsp3) is 0.273. The number of carbonyl (C=O) groups excluding carboxylic acids is 2. The Bertz CT molecular complexity index is 1050. The van der Waals surface area contributed by atoms with Crippen molar-refractivity contribution in [1.29, 1.82) is 0 Å². The number of aromatic nitrogens is 2. The van der Waals surface area contributed by atoms with Crippen LogP contribution in [0.4, 0.5) is 5.69 Å². The van der Waals surface area contributed by atoms with Crippen LogP contribution >= 0.6 is 11.3 Å². The van der Waals surface area contributed by atoms with Gasteiger partial charge in [0.25, 0.3) is 0 Å². The summed E-state index contributed by atoms with van der Waals surface area (Å²) >= 11 is 1.51. The minimum atomic E-state index is -0.345. The number of nitrogens with zero attached hydrogens (tertiary/aromatic N) is 3. The molecule has 0 spiro atoms. The monoisotopic (exact) mass is 406 g/mol. The SMILES string of the molecule is Cc1cccc(N2CC(C(=O)NCc3nc(-c4ccncc4)cs3)CC2=O)c1C. The highest BCUT2D eigenvalue weighted by molar-refractivity contribution is 7.09. The molecule has 2 amide bonds. The molecule has 6 nitrogen and oxygen atoms in total. The Morgan fingerprint density at radius 1 is 1.24 bits per heavy atom. The Balaban J connectivity index is 1.38. The fourth-order valence-corrected chi connectivity index (χ4v) is 4.24. The van der Waals surface area contributed by atoms with E-state index in [4.69, 9.17) is 0 Å².